The molecule has 1 amide bonds. The lowest BCUT2D eigenvalue weighted by Gasteiger charge is -2.23. The summed E-state index contributed by atoms with van der Waals surface area (Å²) in [5, 5.41) is 9.57. The van der Waals surface area contributed by atoms with Crippen molar-refractivity contribution >= 4 is 23.6 Å². The number of carbonyl (C=O) groups is 2. The van der Waals surface area contributed by atoms with E-state index in [4.69, 9.17) is 0 Å². The van der Waals surface area contributed by atoms with E-state index in [2.05, 4.69) is 0 Å². The molecule has 1 aromatic rings. The van der Waals surface area contributed by atoms with Gasteiger partial charge in [-0.2, -0.15) is 0 Å². The van der Waals surface area contributed by atoms with Crippen LogP contribution in [0.5, 0.6) is 0 Å². The van der Waals surface area contributed by atoms with Crippen molar-refractivity contribution in [2.45, 2.75) is 24.2 Å². The van der Waals surface area contributed by atoms with Crippen LogP contribution in [0.15, 0.2) is 29.2 Å². The van der Waals surface area contributed by atoms with Crippen LogP contribution in [0.25, 0.3) is 0 Å². The Morgan fingerprint density at radius 1 is 1.33 bits per heavy atom. The molecule has 5 heteroatoms. The van der Waals surface area contributed by atoms with Gasteiger partial charge in [-0.3, -0.25) is 9.59 Å². The highest BCUT2D eigenvalue weighted by molar-refractivity contribution is 7.98. The fourth-order valence-corrected chi connectivity index (χ4v) is 4.12. The molecule has 0 aromatic heterocycles. The standard InChI is InChI=1S/C16H19NO3S/c1-21-13-6-4-11(5-7-13)14(18)17-9-12-3-2-8-16(12,10-17)15(19)20/h4-7,12H,2-3,8-10H2,1H3,(H,19,20)/t12-,16+/m0/s1. The molecule has 2 fully saturated rings. The maximum Gasteiger partial charge on any atom is 0.311 e. The highest BCUT2D eigenvalue weighted by Crippen LogP contribution is 2.49. The van der Waals surface area contributed by atoms with Crippen LogP contribution < -0.4 is 0 Å². The number of rotatable bonds is 3. The van der Waals surface area contributed by atoms with E-state index >= 15 is 0 Å². The molecule has 1 saturated carbocycles. The van der Waals surface area contributed by atoms with E-state index in [1.807, 2.05) is 30.5 Å². The second kappa shape index (κ2) is 5.37. The number of likely N-dealkylation sites (tertiary alicyclic amines) is 1. The van der Waals surface area contributed by atoms with Gasteiger partial charge in [0.05, 0.1) is 5.41 Å². The van der Waals surface area contributed by atoms with Gasteiger partial charge >= 0.3 is 5.97 Å². The van der Waals surface area contributed by atoms with Gasteiger partial charge in [-0.15, -0.1) is 11.8 Å². The number of hydrogen-bond donors (Lipinski definition) is 1. The second-order valence-electron chi connectivity index (χ2n) is 5.96. The average molecular weight is 305 g/mol. The lowest BCUT2D eigenvalue weighted by molar-refractivity contribution is -0.149. The van der Waals surface area contributed by atoms with E-state index in [1.54, 1.807) is 16.7 Å². The first-order chi connectivity index (χ1) is 10.1. The fraction of sp³-hybridized carbons (Fsp3) is 0.500. The summed E-state index contributed by atoms with van der Waals surface area (Å²) in [6.07, 6.45) is 4.57. The van der Waals surface area contributed by atoms with E-state index < -0.39 is 11.4 Å². The van der Waals surface area contributed by atoms with Crippen LogP contribution in [0.3, 0.4) is 0 Å². The van der Waals surface area contributed by atoms with Gasteiger partial charge < -0.3 is 10.0 Å². The molecule has 0 bridgehead atoms. The number of carboxylic acids is 1. The van der Waals surface area contributed by atoms with Gasteiger partial charge in [0.15, 0.2) is 0 Å². The van der Waals surface area contributed by atoms with Gasteiger partial charge in [-0.1, -0.05) is 6.42 Å². The Kier molecular flexibility index (Phi) is 3.69. The predicted molar refractivity (Wildman–Crippen MR) is 81.5 cm³/mol. The number of carbonyl (C=O) groups excluding carboxylic acids is 1. The number of nitrogens with zero attached hydrogens (tertiary/aromatic N) is 1. The van der Waals surface area contributed by atoms with Gasteiger partial charge in [0, 0.05) is 23.5 Å². The van der Waals surface area contributed by atoms with Gasteiger partial charge in [0.1, 0.15) is 0 Å². The summed E-state index contributed by atoms with van der Waals surface area (Å²) >= 11 is 1.64. The minimum absolute atomic E-state index is 0.0438. The van der Waals surface area contributed by atoms with E-state index in [0.717, 1.165) is 17.7 Å². The Morgan fingerprint density at radius 2 is 2.05 bits per heavy atom. The zero-order chi connectivity index (χ0) is 15.0. The quantitative estimate of drug-likeness (QED) is 0.872. The van der Waals surface area contributed by atoms with Crippen molar-refractivity contribution in [1.82, 2.24) is 4.90 Å². The molecule has 1 heterocycles. The highest BCUT2D eigenvalue weighted by Gasteiger charge is 2.55. The molecule has 0 unspecified atom stereocenters. The molecule has 1 aliphatic heterocycles. The largest absolute Gasteiger partial charge is 0.481 e. The molecule has 0 spiro atoms. The Balaban J connectivity index is 1.79. The lowest BCUT2D eigenvalue weighted by atomic mass is 9.81. The summed E-state index contributed by atoms with van der Waals surface area (Å²) in [5.74, 6) is -0.667. The summed E-state index contributed by atoms with van der Waals surface area (Å²) in [6.45, 7) is 0.936. The number of benzene rings is 1. The monoisotopic (exact) mass is 305 g/mol. The zero-order valence-electron chi connectivity index (χ0n) is 12.0. The molecule has 21 heavy (non-hydrogen) atoms. The number of hydrogen-bond acceptors (Lipinski definition) is 3. The Hall–Kier alpha value is -1.49. The van der Waals surface area contributed by atoms with Gasteiger partial charge in [-0.25, -0.2) is 0 Å². The molecule has 0 radical (unpaired) electrons. The third kappa shape index (κ3) is 2.33. The van der Waals surface area contributed by atoms with Crippen LogP contribution in [-0.2, 0) is 4.79 Å². The first-order valence-corrected chi connectivity index (χ1v) is 8.46. The molecule has 112 valence electrons. The number of thioether (sulfide) groups is 1. The predicted octanol–water partition coefficient (Wildman–Crippen LogP) is 2.74. The fourth-order valence-electron chi connectivity index (χ4n) is 3.71. The summed E-state index contributed by atoms with van der Waals surface area (Å²) < 4.78 is 0. The van der Waals surface area contributed by atoms with Crippen molar-refractivity contribution in [3.05, 3.63) is 29.8 Å². The van der Waals surface area contributed by atoms with Crippen LogP contribution >= 0.6 is 11.8 Å². The van der Waals surface area contributed by atoms with E-state index in [1.165, 1.54) is 0 Å². The minimum atomic E-state index is -0.738. The van der Waals surface area contributed by atoms with Crippen molar-refractivity contribution in [3.63, 3.8) is 0 Å². The molecular weight excluding hydrogens is 286 g/mol. The van der Waals surface area contributed by atoms with Crippen molar-refractivity contribution < 1.29 is 14.7 Å². The molecule has 1 aliphatic carbocycles. The molecule has 1 saturated heterocycles. The Morgan fingerprint density at radius 3 is 2.62 bits per heavy atom. The van der Waals surface area contributed by atoms with Crippen LogP contribution in [0, 0.1) is 11.3 Å². The first-order valence-electron chi connectivity index (χ1n) is 7.23. The lowest BCUT2D eigenvalue weighted by Crippen LogP contribution is -2.37. The maximum absolute atomic E-state index is 12.6. The van der Waals surface area contributed by atoms with E-state index in [9.17, 15) is 14.7 Å². The van der Waals surface area contributed by atoms with Crippen molar-refractivity contribution in [1.29, 1.82) is 0 Å². The SMILES string of the molecule is CSc1ccc(C(=O)N2C[C@@H]3CCC[C@@]3(C(=O)O)C2)cc1. The van der Waals surface area contributed by atoms with Crippen LogP contribution in [0.4, 0.5) is 0 Å². The molecule has 1 N–H and O–H groups in total. The van der Waals surface area contributed by atoms with Gasteiger partial charge in [0.2, 0.25) is 0 Å². The average Bonchev–Trinajstić information content (AvgIpc) is 3.04. The number of aliphatic carboxylic acids is 1. The Bertz CT molecular complexity index is 571. The maximum atomic E-state index is 12.6. The van der Waals surface area contributed by atoms with Gasteiger partial charge in [-0.05, 0) is 49.3 Å². The third-order valence-corrected chi connectivity index (χ3v) is 5.66. The minimum Gasteiger partial charge on any atom is -0.481 e. The molecular formula is C16H19NO3S. The number of carboxylic acid groups (broad SMARTS) is 1. The molecule has 2 aliphatic rings. The number of fused-ring (bicyclic) bond motifs is 1. The Labute approximate surface area is 128 Å². The molecule has 3 rings (SSSR count). The smallest absolute Gasteiger partial charge is 0.311 e. The molecule has 2 atom stereocenters. The van der Waals surface area contributed by atoms with Crippen molar-refractivity contribution in [3.8, 4) is 0 Å². The summed E-state index contributed by atoms with van der Waals surface area (Å²) in [7, 11) is 0. The van der Waals surface area contributed by atoms with E-state index in [0.29, 0.717) is 25.1 Å². The second-order valence-corrected chi connectivity index (χ2v) is 6.84. The van der Waals surface area contributed by atoms with Crippen molar-refractivity contribution in [2.75, 3.05) is 19.3 Å². The van der Waals surface area contributed by atoms with Crippen molar-refractivity contribution in [2.24, 2.45) is 11.3 Å². The summed E-state index contributed by atoms with van der Waals surface area (Å²) in [6, 6.07) is 7.52. The zero-order valence-corrected chi connectivity index (χ0v) is 12.9. The number of amides is 1. The van der Waals surface area contributed by atoms with Crippen LogP contribution in [0.1, 0.15) is 29.6 Å². The van der Waals surface area contributed by atoms with Crippen LogP contribution in [0.2, 0.25) is 0 Å². The normalized spacial score (nSPS) is 27.7. The first kappa shape index (κ1) is 14.4. The molecule has 4 nitrogen and oxygen atoms in total. The van der Waals surface area contributed by atoms with E-state index in [-0.39, 0.29) is 11.8 Å². The summed E-state index contributed by atoms with van der Waals surface area (Å²) in [5.41, 5.74) is -0.0529. The van der Waals surface area contributed by atoms with Crippen LogP contribution in [-0.4, -0.2) is 41.2 Å². The third-order valence-electron chi connectivity index (χ3n) is 4.92. The summed E-state index contributed by atoms with van der Waals surface area (Å²) in [4.78, 5) is 27.1. The topological polar surface area (TPSA) is 57.6 Å². The highest BCUT2D eigenvalue weighted by atomic mass is 32.2. The van der Waals surface area contributed by atoms with Gasteiger partial charge in [0.25, 0.3) is 5.91 Å². The molecule has 1 aromatic carbocycles.